The number of allylic oxidation sites excluding steroid dienone is 1. The summed E-state index contributed by atoms with van der Waals surface area (Å²) < 4.78 is 12.4. The lowest BCUT2D eigenvalue weighted by Gasteiger charge is -2.39. The SMILES string of the molecule is Cc1cc(C)c(C2=C(c3ccc(CC4CN(CCCF)C4)cc3)c3ccccc3CCC2)c(C)c1. The number of aryl methyl sites for hydroxylation is 4. The van der Waals surface area contributed by atoms with Gasteiger partial charge in [0.2, 0.25) is 0 Å². The second-order valence-electron chi connectivity index (χ2n) is 10.7. The fraction of sp³-hybridized carbons (Fsp3) is 0.394. The molecule has 0 bridgehead atoms. The summed E-state index contributed by atoms with van der Waals surface area (Å²) in [6.07, 6.45) is 5.20. The maximum Gasteiger partial charge on any atom is 0.0906 e. The van der Waals surface area contributed by atoms with Crippen molar-refractivity contribution < 1.29 is 4.39 Å². The van der Waals surface area contributed by atoms with E-state index in [0.717, 1.165) is 38.9 Å². The zero-order chi connectivity index (χ0) is 24.4. The third-order valence-corrected chi connectivity index (χ3v) is 7.85. The smallest absolute Gasteiger partial charge is 0.0906 e. The first-order chi connectivity index (χ1) is 17.0. The van der Waals surface area contributed by atoms with Gasteiger partial charge in [-0.15, -0.1) is 0 Å². The third-order valence-electron chi connectivity index (χ3n) is 7.85. The molecule has 3 aromatic rings. The maximum atomic E-state index is 12.4. The Labute approximate surface area is 210 Å². The van der Waals surface area contributed by atoms with Crippen LogP contribution in [0.25, 0.3) is 11.1 Å². The van der Waals surface area contributed by atoms with Crippen molar-refractivity contribution >= 4 is 11.1 Å². The fourth-order valence-corrected chi connectivity index (χ4v) is 6.37. The molecule has 182 valence electrons. The van der Waals surface area contributed by atoms with Crippen molar-refractivity contribution in [3.8, 4) is 0 Å². The van der Waals surface area contributed by atoms with Crippen molar-refractivity contribution in [1.82, 2.24) is 4.90 Å². The van der Waals surface area contributed by atoms with Gasteiger partial charge in [-0.25, -0.2) is 0 Å². The van der Waals surface area contributed by atoms with Gasteiger partial charge in [-0.05, 0) is 109 Å². The van der Waals surface area contributed by atoms with Crippen LogP contribution in [0.15, 0.2) is 60.7 Å². The molecular formula is C33H38FN. The maximum absolute atomic E-state index is 12.4. The molecule has 2 heteroatoms. The van der Waals surface area contributed by atoms with Crippen LogP contribution in [0.3, 0.4) is 0 Å². The number of alkyl halides is 1. The lowest BCUT2D eigenvalue weighted by molar-refractivity contribution is 0.0968. The number of rotatable bonds is 7. The molecular weight excluding hydrogens is 429 g/mol. The highest BCUT2D eigenvalue weighted by atomic mass is 19.1. The molecule has 1 heterocycles. The van der Waals surface area contributed by atoms with Crippen LogP contribution in [0.4, 0.5) is 4.39 Å². The average Bonchev–Trinajstić information content (AvgIpc) is 3.00. The van der Waals surface area contributed by atoms with Gasteiger partial charge in [0, 0.05) is 19.6 Å². The zero-order valence-electron chi connectivity index (χ0n) is 21.5. The van der Waals surface area contributed by atoms with E-state index in [-0.39, 0.29) is 6.67 Å². The number of likely N-dealkylation sites (tertiary alicyclic amines) is 1. The standard InChI is InChI=1S/C33H38FN/c1-23-18-24(2)32(25(3)19-23)31-11-6-9-28-8-4-5-10-30(28)33(31)29-14-12-26(13-15-29)20-27-21-35(22-27)17-7-16-34/h4-5,8,10,12-15,18-19,27H,6-7,9,11,16-17,20-22H2,1-3H3. The zero-order valence-corrected chi connectivity index (χ0v) is 21.5. The van der Waals surface area contributed by atoms with Gasteiger partial charge in [0.05, 0.1) is 6.67 Å². The Morgan fingerprint density at radius 1 is 0.886 bits per heavy atom. The summed E-state index contributed by atoms with van der Waals surface area (Å²) in [6, 6.07) is 23.1. The van der Waals surface area contributed by atoms with Crippen LogP contribution < -0.4 is 0 Å². The highest BCUT2D eigenvalue weighted by molar-refractivity contribution is 6.01. The predicted octanol–water partition coefficient (Wildman–Crippen LogP) is 7.74. The highest BCUT2D eigenvalue weighted by Gasteiger charge is 2.26. The summed E-state index contributed by atoms with van der Waals surface area (Å²) in [5.74, 6) is 0.701. The first-order valence-electron chi connectivity index (χ1n) is 13.3. The van der Waals surface area contributed by atoms with Gasteiger partial charge in [0.1, 0.15) is 0 Å². The molecule has 0 N–H and O–H groups in total. The Morgan fingerprint density at radius 2 is 1.60 bits per heavy atom. The summed E-state index contributed by atoms with van der Waals surface area (Å²) in [5.41, 5.74) is 14.1. The van der Waals surface area contributed by atoms with Gasteiger partial charge >= 0.3 is 0 Å². The molecule has 3 aromatic carbocycles. The van der Waals surface area contributed by atoms with Crippen molar-refractivity contribution in [3.63, 3.8) is 0 Å². The largest absolute Gasteiger partial charge is 0.303 e. The molecule has 35 heavy (non-hydrogen) atoms. The Morgan fingerprint density at radius 3 is 2.31 bits per heavy atom. The van der Waals surface area contributed by atoms with E-state index in [9.17, 15) is 4.39 Å². The van der Waals surface area contributed by atoms with E-state index in [1.165, 1.54) is 62.1 Å². The highest BCUT2D eigenvalue weighted by Crippen LogP contribution is 2.42. The van der Waals surface area contributed by atoms with Crippen molar-refractivity contribution in [2.45, 2.75) is 52.9 Å². The minimum absolute atomic E-state index is 0.203. The van der Waals surface area contributed by atoms with Gasteiger partial charge in [0.15, 0.2) is 0 Å². The quantitative estimate of drug-likeness (QED) is 0.343. The number of nitrogens with zero attached hydrogens (tertiary/aromatic N) is 1. The summed E-state index contributed by atoms with van der Waals surface area (Å²) in [6.45, 7) is 9.66. The van der Waals surface area contributed by atoms with Crippen LogP contribution >= 0.6 is 0 Å². The Kier molecular flexibility index (Phi) is 7.20. The monoisotopic (exact) mass is 467 g/mol. The number of fused-ring (bicyclic) bond motifs is 1. The Bertz CT molecular complexity index is 1190. The van der Waals surface area contributed by atoms with Crippen LogP contribution in [-0.4, -0.2) is 31.2 Å². The molecule has 5 rings (SSSR count). The summed E-state index contributed by atoms with van der Waals surface area (Å²) in [4.78, 5) is 2.38. The molecule has 2 aliphatic rings. The molecule has 0 spiro atoms. The molecule has 0 aromatic heterocycles. The van der Waals surface area contributed by atoms with Crippen LogP contribution in [0.2, 0.25) is 0 Å². The summed E-state index contributed by atoms with van der Waals surface area (Å²) in [5, 5.41) is 0. The van der Waals surface area contributed by atoms with Gasteiger partial charge in [-0.2, -0.15) is 0 Å². The van der Waals surface area contributed by atoms with E-state index >= 15 is 0 Å². The number of hydrogen-bond acceptors (Lipinski definition) is 1. The van der Waals surface area contributed by atoms with Gasteiger partial charge in [-0.1, -0.05) is 66.2 Å². The second-order valence-corrected chi connectivity index (χ2v) is 10.7. The Balaban J connectivity index is 1.50. The van der Waals surface area contributed by atoms with Crippen LogP contribution in [0.5, 0.6) is 0 Å². The molecule has 1 nitrogen and oxygen atoms in total. The molecule has 0 unspecified atom stereocenters. The molecule has 1 aliphatic heterocycles. The van der Waals surface area contributed by atoms with Gasteiger partial charge in [-0.3, -0.25) is 4.39 Å². The van der Waals surface area contributed by atoms with Gasteiger partial charge < -0.3 is 4.90 Å². The summed E-state index contributed by atoms with van der Waals surface area (Å²) in [7, 11) is 0. The van der Waals surface area contributed by atoms with E-state index in [2.05, 4.69) is 86.3 Å². The van der Waals surface area contributed by atoms with Crippen LogP contribution in [0.1, 0.15) is 63.8 Å². The van der Waals surface area contributed by atoms with E-state index < -0.39 is 0 Å². The van der Waals surface area contributed by atoms with Crippen LogP contribution in [-0.2, 0) is 12.8 Å². The molecule has 0 saturated carbocycles. The van der Waals surface area contributed by atoms with E-state index in [0.29, 0.717) is 12.3 Å². The normalized spacial score (nSPS) is 16.7. The van der Waals surface area contributed by atoms with Crippen molar-refractivity contribution in [2.24, 2.45) is 5.92 Å². The molecule has 0 radical (unpaired) electrons. The minimum Gasteiger partial charge on any atom is -0.303 e. The Hall–Kier alpha value is -2.71. The molecule has 1 aliphatic carbocycles. The van der Waals surface area contributed by atoms with E-state index in [1.807, 2.05) is 0 Å². The molecule has 1 fully saturated rings. The second kappa shape index (κ2) is 10.5. The average molecular weight is 468 g/mol. The fourth-order valence-electron chi connectivity index (χ4n) is 6.37. The first kappa shape index (κ1) is 24.0. The van der Waals surface area contributed by atoms with Gasteiger partial charge in [0.25, 0.3) is 0 Å². The van der Waals surface area contributed by atoms with Crippen molar-refractivity contribution in [1.29, 1.82) is 0 Å². The summed E-state index contributed by atoms with van der Waals surface area (Å²) >= 11 is 0. The van der Waals surface area contributed by atoms with Crippen molar-refractivity contribution in [2.75, 3.05) is 26.3 Å². The first-order valence-corrected chi connectivity index (χ1v) is 13.3. The molecule has 0 amide bonds. The van der Waals surface area contributed by atoms with Crippen LogP contribution in [0, 0.1) is 26.7 Å². The molecule has 1 saturated heterocycles. The minimum atomic E-state index is -0.203. The third kappa shape index (κ3) is 5.14. The van der Waals surface area contributed by atoms with Crippen molar-refractivity contribution in [3.05, 3.63) is 105 Å². The lowest BCUT2D eigenvalue weighted by atomic mass is 9.83. The lowest BCUT2D eigenvalue weighted by Crippen LogP contribution is -2.47. The number of benzene rings is 3. The predicted molar refractivity (Wildman–Crippen MR) is 147 cm³/mol. The van der Waals surface area contributed by atoms with E-state index in [1.54, 1.807) is 0 Å². The molecule has 0 atom stereocenters. The number of hydrogen-bond donors (Lipinski definition) is 0. The topological polar surface area (TPSA) is 3.24 Å². The number of halogens is 1. The van der Waals surface area contributed by atoms with E-state index in [4.69, 9.17) is 0 Å².